The van der Waals surface area contributed by atoms with Gasteiger partial charge in [0.15, 0.2) is 0 Å². The second-order valence-electron chi connectivity index (χ2n) is 7.14. The maximum atomic E-state index is 13.0. The van der Waals surface area contributed by atoms with E-state index in [1.165, 1.54) is 0 Å². The Hall–Kier alpha value is -3.41. The zero-order valence-corrected chi connectivity index (χ0v) is 15.9. The second kappa shape index (κ2) is 7.31. The van der Waals surface area contributed by atoms with Gasteiger partial charge < -0.3 is 14.4 Å². The summed E-state index contributed by atoms with van der Waals surface area (Å²) in [6.07, 6.45) is 5.27. The van der Waals surface area contributed by atoms with Crippen LogP contribution in [0.3, 0.4) is 0 Å². The third kappa shape index (κ3) is 3.41. The van der Waals surface area contributed by atoms with Crippen LogP contribution in [0, 0.1) is 6.92 Å². The summed E-state index contributed by atoms with van der Waals surface area (Å²) in [5, 5.41) is 0. The van der Waals surface area contributed by atoms with Crippen molar-refractivity contribution in [2.45, 2.75) is 19.9 Å². The van der Waals surface area contributed by atoms with Crippen LogP contribution in [0.25, 0.3) is 5.69 Å². The number of nitrogens with zero attached hydrogens (tertiary/aromatic N) is 4. The van der Waals surface area contributed by atoms with Gasteiger partial charge in [-0.05, 0) is 50.2 Å². The van der Waals surface area contributed by atoms with Crippen LogP contribution in [-0.2, 0) is 4.79 Å². The van der Waals surface area contributed by atoms with Gasteiger partial charge in [0, 0.05) is 41.9 Å². The average molecular weight is 374 g/mol. The van der Waals surface area contributed by atoms with E-state index in [4.69, 9.17) is 0 Å². The number of hydrogen-bond donors (Lipinski definition) is 0. The van der Waals surface area contributed by atoms with Gasteiger partial charge in [-0.15, -0.1) is 0 Å². The molecule has 6 nitrogen and oxygen atoms in total. The van der Waals surface area contributed by atoms with E-state index in [0.29, 0.717) is 12.1 Å². The molecule has 1 saturated heterocycles. The molecular formula is C22H22N4O2. The zero-order chi connectivity index (χ0) is 19.7. The van der Waals surface area contributed by atoms with Crippen LogP contribution in [0.5, 0.6) is 0 Å². The summed E-state index contributed by atoms with van der Waals surface area (Å²) in [6, 6.07) is 15.2. The summed E-state index contributed by atoms with van der Waals surface area (Å²) in [5.74, 6) is -0.188. The first-order valence-electron chi connectivity index (χ1n) is 9.29. The molecule has 0 spiro atoms. The number of anilines is 1. The topological polar surface area (TPSA) is 58.4 Å². The highest BCUT2D eigenvalue weighted by Crippen LogP contribution is 2.22. The van der Waals surface area contributed by atoms with Crippen LogP contribution in [0.1, 0.15) is 22.8 Å². The van der Waals surface area contributed by atoms with Crippen molar-refractivity contribution in [2.75, 3.05) is 18.0 Å². The lowest BCUT2D eigenvalue weighted by atomic mass is 10.1. The summed E-state index contributed by atoms with van der Waals surface area (Å²) >= 11 is 0. The summed E-state index contributed by atoms with van der Waals surface area (Å²) in [5.41, 5.74) is 3.53. The molecule has 2 amide bonds. The highest BCUT2D eigenvalue weighted by molar-refractivity contribution is 6.02. The standard InChI is InChI=1S/C22H22N4O2/c1-16-3-7-20(8-4-16)26-13-17(2)25(14-21(26)27)22(28)18-5-9-19(10-6-18)24-12-11-23-15-24/h3-12,15,17H,13-14H2,1-2H3. The fourth-order valence-electron chi connectivity index (χ4n) is 3.45. The average Bonchev–Trinajstić information content (AvgIpc) is 3.25. The number of benzene rings is 2. The monoisotopic (exact) mass is 374 g/mol. The Balaban J connectivity index is 1.49. The molecule has 2 aromatic carbocycles. The van der Waals surface area contributed by atoms with Crippen LogP contribution in [-0.4, -0.2) is 45.4 Å². The van der Waals surface area contributed by atoms with Gasteiger partial charge in [-0.3, -0.25) is 9.59 Å². The van der Waals surface area contributed by atoms with Crippen molar-refractivity contribution < 1.29 is 9.59 Å². The van der Waals surface area contributed by atoms with E-state index in [-0.39, 0.29) is 24.4 Å². The number of amides is 2. The molecule has 0 N–H and O–H groups in total. The van der Waals surface area contributed by atoms with Crippen molar-refractivity contribution in [1.82, 2.24) is 14.5 Å². The fraction of sp³-hybridized carbons (Fsp3) is 0.227. The summed E-state index contributed by atoms with van der Waals surface area (Å²) < 4.78 is 1.88. The lowest BCUT2D eigenvalue weighted by Gasteiger charge is -2.39. The molecule has 1 aliphatic heterocycles. The van der Waals surface area contributed by atoms with Gasteiger partial charge in [-0.25, -0.2) is 4.98 Å². The quantitative estimate of drug-likeness (QED) is 0.708. The molecule has 6 heteroatoms. The summed E-state index contributed by atoms with van der Waals surface area (Å²) in [4.78, 5) is 33.1. The predicted molar refractivity (Wildman–Crippen MR) is 108 cm³/mol. The molecule has 0 radical (unpaired) electrons. The Kier molecular flexibility index (Phi) is 4.69. The van der Waals surface area contributed by atoms with Crippen LogP contribution in [0.2, 0.25) is 0 Å². The smallest absolute Gasteiger partial charge is 0.254 e. The van der Waals surface area contributed by atoms with Crippen molar-refractivity contribution in [3.63, 3.8) is 0 Å². The first-order valence-corrected chi connectivity index (χ1v) is 9.29. The number of rotatable bonds is 3. The summed E-state index contributed by atoms with van der Waals surface area (Å²) in [6.45, 7) is 4.56. The Morgan fingerprint density at radius 3 is 2.36 bits per heavy atom. The number of carbonyl (C=O) groups is 2. The van der Waals surface area contributed by atoms with Crippen molar-refractivity contribution >= 4 is 17.5 Å². The van der Waals surface area contributed by atoms with Gasteiger partial charge in [0.1, 0.15) is 6.54 Å². The van der Waals surface area contributed by atoms with E-state index in [1.807, 2.05) is 61.0 Å². The number of piperazine rings is 1. The van der Waals surface area contributed by atoms with Gasteiger partial charge in [-0.2, -0.15) is 0 Å². The lowest BCUT2D eigenvalue weighted by Crippen LogP contribution is -2.57. The van der Waals surface area contributed by atoms with Gasteiger partial charge in [0.05, 0.1) is 6.33 Å². The Morgan fingerprint density at radius 2 is 1.71 bits per heavy atom. The number of hydrogen-bond acceptors (Lipinski definition) is 3. The van der Waals surface area contributed by atoms with E-state index in [1.54, 1.807) is 34.5 Å². The van der Waals surface area contributed by atoms with Crippen molar-refractivity contribution in [3.8, 4) is 5.69 Å². The third-order valence-corrected chi connectivity index (χ3v) is 5.11. The fourth-order valence-corrected chi connectivity index (χ4v) is 3.45. The molecule has 1 atom stereocenters. The molecule has 0 saturated carbocycles. The number of aromatic nitrogens is 2. The molecule has 4 rings (SSSR count). The minimum Gasteiger partial charge on any atom is -0.325 e. The molecule has 1 aromatic heterocycles. The summed E-state index contributed by atoms with van der Waals surface area (Å²) in [7, 11) is 0. The molecule has 1 aliphatic rings. The van der Waals surface area contributed by atoms with Gasteiger partial charge in [0.25, 0.3) is 5.91 Å². The Bertz CT molecular complexity index is 978. The SMILES string of the molecule is Cc1ccc(N2CC(C)N(C(=O)c3ccc(-n4ccnc4)cc3)CC2=O)cc1. The van der Waals surface area contributed by atoms with E-state index in [0.717, 1.165) is 16.9 Å². The lowest BCUT2D eigenvalue weighted by molar-refractivity contribution is -0.121. The molecule has 142 valence electrons. The molecule has 0 aliphatic carbocycles. The van der Waals surface area contributed by atoms with Crippen molar-refractivity contribution in [2.24, 2.45) is 0 Å². The zero-order valence-electron chi connectivity index (χ0n) is 15.9. The van der Waals surface area contributed by atoms with E-state index < -0.39 is 0 Å². The molecule has 0 bridgehead atoms. The van der Waals surface area contributed by atoms with Crippen molar-refractivity contribution in [1.29, 1.82) is 0 Å². The first kappa shape index (κ1) is 18.0. The predicted octanol–water partition coefficient (Wildman–Crippen LogP) is 3.06. The van der Waals surface area contributed by atoms with E-state index in [2.05, 4.69) is 4.98 Å². The second-order valence-corrected chi connectivity index (χ2v) is 7.14. The van der Waals surface area contributed by atoms with Gasteiger partial charge in [0.2, 0.25) is 5.91 Å². The molecule has 1 fully saturated rings. The third-order valence-electron chi connectivity index (χ3n) is 5.11. The number of aryl methyl sites for hydroxylation is 1. The van der Waals surface area contributed by atoms with Gasteiger partial charge in [-0.1, -0.05) is 17.7 Å². The molecule has 2 heterocycles. The van der Waals surface area contributed by atoms with Crippen LogP contribution >= 0.6 is 0 Å². The Labute approximate surface area is 164 Å². The van der Waals surface area contributed by atoms with Crippen LogP contribution in [0.4, 0.5) is 5.69 Å². The highest BCUT2D eigenvalue weighted by Gasteiger charge is 2.33. The number of carbonyl (C=O) groups excluding carboxylic acids is 2. The first-order chi connectivity index (χ1) is 13.5. The van der Waals surface area contributed by atoms with Gasteiger partial charge >= 0.3 is 0 Å². The van der Waals surface area contributed by atoms with Crippen LogP contribution in [0.15, 0.2) is 67.3 Å². The Morgan fingerprint density at radius 1 is 1.04 bits per heavy atom. The molecule has 1 unspecified atom stereocenters. The largest absolute Gasteiger partial charge is 0.325 e. The molecular weight excluding hydrogens is 352 g/mol. The molecule has 28 heavy (non-hydrogen) atoms. The highest BCUT2D eigenvalue weighted by atomic mass is 16.2. The normalized spacial score (nSPS) is 17.1. The maximum Gasteiger partial charge on any atom is 0.254 e. The minimum atomic E-state index is -0.124. The maximum absolute atomic E-state index is 13.0. The van der Waals surface area contributed by atoms with E-state index in [9.17, 15) is 9.59 Å². The van der Waals surface area contributed by atoms with Crippen LogP contribution < -0.4 is 4.90 Å². The number of imidazole rings is 1. The van der Waals surface area contributed by atoms with E-state index >= 15 is 0 Å². The minimum absolute atomic E-state index is 0.0645. The molecule has 3 aromatic rings. The van der Waals surface area contributed by atoms with Crippen molar-refractivity contribution in [3.05, 3.63) is 78.4 Å².